The maximum Gasteiger partial charge on any atom is 0.513 e. The molecule has 7 heteroatoms. The smallest absolute Gasteiger partial charge is 0.434 e. The molecule has 0 fully saturated rings. The predicted molar refractivity (Wildman–Crippen MR) is 117 cm³/mol. The lowest BCUT2D eigenvalue weighted by Crippen LogP contribution is -2.32. The van der Waals surface area contributed by atoms with Gasteiger partial charge < -0.3 is 20.1 Å². The molecule has 2 aromatic carbocycles. The third kappa shape index (κ3) is 5.12. The third-order valence-corrected chi connectivity index (χ3v) is 5.31. The average molecular weight is 431 g/mol. The van der Waals surface area contributed by atoms with E-state index < -0.39 is 12.2 Å². The fourth-order valence-electron chi connectivity index (χ4n) is 3.61. The molecule has 0 bridgehead atoms. The summed E-state index contributed by atoms with van der Waals surface area (Å²) in [6.45, 7) is 6.63. The van der Waals surface area contributed by atoms with E-state index in [9.17, 15) is 9.59 Å². The first kappa shape index (κ1) is 22.1. The van der Waals surface area contributed by atoms with E-state index in [1.54, 1.807) is 11.0 Å². The highest BCUT2D eigenvalue weighted by Crippen LogP contribution is 2.34. The first-order chi connectivity index (χ1) is 14.3. The van der Waals surface area contributed by atoms with E-state index in [4.69, 9.17) is 26.8 Å². The second-order valence-corrected chi connectivity index (χ2v) is 8.33. The monoisotopic (exact) mass is 430 g/mol. The van der Waals surface area contributed by atoms with Crippen LogP contribution in [0.2, 0.25) is 5.02 Å². The van der Waals surface area contributed by atoms with Crippen molar-refractivity contribution >= 4 is 29.4 Å². The minimum absolute atomic E-state index is 0.0412. The lowest BCUT2D eigenvalue weighted by Gasteiger charge is -2.22. The first-order valence-electron chi connectivity index (χ1n) is 10.0. The molecular formula is C23H27ClN2O4. The molecule has 0 saturated carbocycles. The molecule has 1 unspecified atom stereocenters. The van der Waals surface area contributed by atoms with Gasteiger partial charge in [-0.1, -0.05) is 43.6 Å². The summed E-state index contributed by atoms with van der Waals surface area (Å²) in [6, 6.07) is 10.5. The number of anilines is 1. The third-order valence-electron chi connectivity index (χ3n) is 5.00. The van der Waals surface area contributed by atoms with Crippen LogP contribution in [0.25, 0.3) is 0 Å². The number of carbonyl (C=O) groups excluding carboxylic acids is 2. The molecule has 1 amide bonds. The molecule has 160 valence electrons. The van der Waals surface area contributed by atoms with Crippen LogP contribution in [0.4, 0.5) is 10.5 Å². The summed E-state index contributed by atoms with van der Waals surface area (Å²) >= 11 is 6.43. The lowest BCUT2D eigenvalue weighted by molar-refractivity contribution is -0.118. The van der Waals surface area contributed by atoms with Gasteiger partial charge in [-0.3, -0.25) is 4.79 Å². The van der Waals surface area contributed by atoms with E-state index >= 15 is 0 Å². The van der Waals surface area contributed by atoms with Crippen molar-refractivity contribution in [3.63, 3.8) is 0 Å². The average Bonchev–Trinajstić information content (AvgIpc) is 3.10. The Morgan fingerprint density at radius 1 is 1.23 bits per heavy atom. The first-order valence-corrected chi connectivity index (χ1v) is 10.4. The van der Waals surface area contributed by atoms with Crippen LogP contribution in [-0.2, 0) is 16.0 Å². The Balaban J connectivity index is 1.68. The van der Waals surface area contributed by atoms with Gasteiger partial charge in [0.25, 0.3) is 0 Å². The van der Waals surface area contributed by atoms with Crippen LogP contribution in [0.15, 0.2) is 36.4 Å². The van der Waals surface area contributed by atoms with E-state index in [2.05, 4.69) is 0 Å². The molecule has 1 aliphatic heterocycles. The molecule has 0 aromatic heterocycles. The minimum Gasteiger partial charge on any atom is -0.434 e. The number of rotatable bonds is 6. The second kappa shape index (κ2) is 9.49. The summed E-state index contributed by atoms with van der Waals surface area (Å²) in [5, 5.41) is 0.351. The summed E-state index contributed by atoms with van der Waals surface area (Å²) in [4.78, 5) is 26.4. The number of amides is 1. The van der Waals surface area contributed by atoms with Crippen LogP contribution in [-0.4, -0.2) is 25.2 Å². The number of nitrogens with two attached hydrogens (primary N) is 1. The van der Waals surface area contributed by atoms with Crippen LogP contribution >= 0.6 is 11.6 Å². The summed E-state index contributed by atoms with van der Waals surface area (Å²) in [5.74, 6) is 0.450. The van der Waals surface area contributed by atoms with Gasteiger partial charge in [0.2, 0.25) is 5.91 Å². The molecule has 0 aliphatic carbocycles. The van der Waals surface area contributed by atoms with Crippen LogP contribution < -0.4 is 15.4 Å². The number of ether oxygens (including phenoxy) is 2. The van der Waals surface area contributed by atoms with Gasteiger partial charge in [0.05, 0.1) is 6.61 Å². The number of fused-ring (bicyclic) bond motifs is 1. The molecule has 0 spiro atoms. The number of benzene rings is 2. The standard InChI is InChI=1S/C23H27ClN2O4/c1-14(2)13-29-23(28)30-17-10-15(3)22(18(24)11-17)19(25)12-21(27)26-9-8-16-6-4-5-7-20(16)26/h4-7,10-11,14,19H,8-9,12-13,25H2,1-3H3. The normalized spacial score (nSPS) is 13.9. The molecule has 1 aliphatic rings. The van der Waals surface area contributed by atoms with Crippen molar-refractivity contribution in [1.29, 1.82) is 0 Å². The molecule has 0 saturated heterocycles. The van der Waals surface area contributed by atoms with E-state index in [1.165, 1.54) is 11.6 Å². The van der Waals surface area contributed by atoms with Crippen molar-refractivity contribution in [3.8, 4) is 5.75 Å². The Morgan fingerprint density at radius 2 is 1.97 bits per heavy atom. The zero-order valence-corrected chi connectivity index (χ0v) is 18.2. The summed E-state index contributed by atoms with van der Waals surface area (Å²) in [7, 11) is 0. The zero-order chi connectivity index (χ0) is 21.8. The Bertz CT molecular complexity index is 922. The van der Waals surface area contributed by atoms with Crippen LogP contribution in [0.1, 0.15) is 43.0 Å². The molecule has 3 rings (SSSR count). The van der Waals surface area contributed by atoms with Crippen molar-refractivity contribution in [2.45, 2.75) is 39.7 Å². The van der Waals surface area contributed by atoms with Crippen LogP contribution in [0, 0.1) is 12.8 Å². The number of nitrogens with zero attached hydrogens (tertiary/aromatic N) is 1. The largest absolute Gasteiger partial charge is 0.513 e. The minimum atomic E-state index is -0.779. The van der Waals surface area contributed by atoms with Gasteiger partial charge in [-0.15, -0.1) is 0 Å². The van der Waals surface area contributed by atoms with Gasteiger partial charge in [0, 0.05) is 35.8 Å². The van der Waals surface area contributed by atoms with Gasteiger partial charge in [0.1, 0.15) is 5.75 Å². The molecule has 1 heterocycles. The van der Waals surface area contributed by atoms with Gasteiger partial charge in [0.15, 0.2) is 0 Å². The Hall–Kier alpha value is -2.57. The SMILES string of the molecule is Cc1cc(OC(=O)OCC(C)C)cc(Cl)c1C(N)CC(=O)N1CCc2ccccc21. The number of halogens is 1. The van der Waals surface area contributed by atoms with Crippen LogP contribution in [0.5, 0.6) is 5.75 Å². The summed E-state index contributed by atoms with van der Waals surface area (Å²) in [6.07, 6.45) is 0.195. The summed E-state index contributed by atoms with van der Waals surface area (Å²) < 4.78 is 10.2. The fraction of sp³-hybridized carbons (Fsp3) is 0.391. The summed E-state index contributed by atoms with van der Waals surface area (Å²) in [5.41, 5.74) is 9.88. The highest BCUT2D eigenvalue weighted by atomic mass is 35.5. The van der Waals surface area contributed by atoms with E-state index in [0.717, 1.165) is 17.7 Å². The number of hydrogen-bond acceptors (Lipinski definition) is 5. The van der Waals surface area contributed by atoms with E-state index in [-0.39, 0.29) is 30.6 Å². The Kier molecular flexibility index (Phi) is 7.00. The van der Waals surface area contributed by atoms with Crippen LogP contribution in [0.3, 0.4) is 0 Å². The zero-order valence-electron chi connectivity index (χ0n) is 17.5. The number of para-hydroxylation sites is 1. The van der Waals surface area contributed by atoms with Crippen molar-refractivity contribution in [3.05, 3.63) is 58.1 Å². The highest BCUT2D eigenvalue weighted by Gasteiger charge is 2.27. The van der Waals surface area contributed by atoms with E-state index in [0.29, 0.717) is 17.1 Å². The second-order valence-electron chi connectivity index (χ2n) is 7.93. The van der Waals surface area contributed by atoms with Gasteiger partial charge in [-0.25, -0.2) is 4.79 Å². The molecule has 2 aromatic rings. The molecule has 1 atom stereocenters. The molecule has 2 N–H and O–H groups in total. The number of hydrogen-bond donors (Lipinski definition) is 1. The van der Waals surface area contributed by atoms with Crippen molar-refractivity contribution < 1.29 is 19.1 Å². The molecule has 30 heavy (non-hydrogen) atoms. The maximum atomic E-state index is 12.9. The van der Waals surface area contributed by atoms with Gasteiger partial charge >= 0.3 is 6.16 Å². The Labute approximate surface area is 181 Å². The Morgan fingerprint density at radius 3 is 2.67 bits per heavy atom. The molecule has 0 radical (unpaired) electrons. The lowest BCUT2D eigenvalue weighted by atomic mass is 9.98. The topological polar surface area (TPSA) is 81.9 Å². The number of aryl methyl sites for hydroxylation is 1. The predicted octanol–water partition coefficient (Wildman–Crippen LogP) is 4.80. The van der Waals surface area contributed by atoms with Crippen molar-refractivity contribution in [2.75, 3.05) is 18.1 Å². The fourth-order valence-corrected chi connectivity index (χ4v) is 4.01. The maximum absolute atomic E-state index is 12.9. The number of carbonyl (C=O) groups is 2. The quantitative estimate of drug-likeness (QED) is 0.525. The molecule has 6 nitrogen and oxygen atoms in total. The van der Waals surface area contributed by atoms with Crippen molar-refractivity contribution in [2.24, 2.45) is 11.7 Å². The molecular weight excluding hydrogens is 404 g/mol. The van der Waals surface area contributed by atoms with Crippen molar-refractivity contribution in [1.82, 2.24) is 0 Å². The highest BCUT2D eigenvalue weighted by molar-refractivity contribution is 6.31. The van der Waals surface area contributed by atoms with E-state index in [1.807, 2.05) is 45.0 Å². The van der Waals surface area contributed by atoms with Gasteiger partial charge in [-0.05, 0) is 48.1 Å². The van der Waals surface area contributed by atoms with Gasteiger partial charge in [-0.2, -0.15) is 0 Å².